The summed E-state index contributed by atoms with van der Waals surface area (Å²) in [5.41, 5.74) is 1.89. The molecule has 0 fully saturated rings. The minimum absolute atomic E-state index is 0.0659. The van der Waals surface area contributed by atoms with Gasteiger partial charge in [-0.15, -0.1) is 0 Å². The van der Waals surface area contributed by atoms with Crippen molar-refractivity contribution in [2.24, 2.45) is 5.92 Å². The van der Waals surface area contributed by atoms with Gasteiger partial charge in [-0.1, -0.05) is 30.7 Å². The molecule has 0 aliphatic rings. The lowest BCUT2D eigenvalue weighted by molar-refractivity contribution is -0.116. The number of aryl methyl sites for hydroxylation is 1. The molecule has 18 heavy (non-hydrogen) atoms. The maximum absolute atomic E-state index is 11.5. The van der Waals surface area contributed by atoms with Crippen LogP contribution in [0.4, 0.5) is 0 Å². The van der Waals surface area contributed by atoms with E-state index in [4.69, 9.17) is 16.7 Å². The van der Waals surface area contributed by atoms with Gasteiger partial charge in [-0.05, 0) is 36.1 Å². The van der Waals surface area contributed by atoms with Gasteiger partial charge in [-0.25, -0.2) is 0 Å². The van der Waals surface area contributed by atoms with Crippen molar-refractivity contribution in [3.63, 3.8) is 0 Å². The van der Waals surface area contributed by atoms with Crippen molar-refractivity contribution in [3.05, 3.63) is 40.4 Å². The number of aliphatic hydroxyl groups is 1. The molecule has 2 N–H and O–H groups in total. The summed E-state index contributed by atoms with van der Waals surface area (Å²) in [5, 5.41) is 12.2. The number of aliphatic hydroxyl groups excluding tert-OH is 1. The van der Waals surface area contributed by atoms with Gasteiger partial charge < -0.3 is 10.4 Å². The van der Waals surface area contributed by atoms with Crippen LogP contribution in [0.2, 0.25) is 5.02 Å². The average molecular weight is 268 g/mol. The SMILES string of the molecule is Cc1ccc(/C=C/C(=O)NCC(C)CO)cc1Cl. The first-order valence-corrected chi connectivity index (χ1v) is 6.23. The molecule has 0 heterocycles. The van der Waals surface area contributed by atoms with Crippen molar-refractivity contribution < 1.29 is 9.90 Å². The highest BCUT2D eigenvalue weighted by Gasteiger charge is 2.01. The Balaban J connectivity index is 2.53. The Hall–Kier alpha value is -1.32. The van der Waals surface area contributed by atoms with Crippen LogP contribution < -0.4 is 5.32 Å². The summed E-state index contributed by atoms with van der Waals surface area (Å²) >= 11 is 5.99. The van der Waals surface area contributed by atoms with E-state index in [1.807, 2.05) is 32.0 Å². The molecule has 0 radical (unpaired) electrons. The van der Waals surface area contributed by atoms with Crippen molar-refractivity contribution in [3.8, 4) is 0 Å². The minimum Gasteiger partial charge on any atom is -0.396 e. The summed E-state index contributed by atoms with van der Waals surface area (Å²) < 4.78 is 0. The van der Waals surface area contributed by atoms with Crippen LogP contribution in [-0.4, -0.2) is 24.2 Å². The second-order valence-corrected chi connectivity index (χ2v) is 4.78. The van der Waals surface area contributed by atoms with Gasteiger partial charge in [0.1, 0.15) is 0 Å². The molecule has 0 aliphatic carbocycles. The summed E-state index contributed by atoms with van der Waals surface area (Å²) in [7, 11) is 0. The first-order valence-electron chi connectivity index (χ1n) is 5.86. The third-order valence-electron chi connectivity index (χ3n) is 2.56. The Morgan fingerprint density at radius 3 is 2.89 bits per heavy atom. The van der Waals surface area contributed by atoms with E-state index in [2.05, 4.69) is 5.32 Å². The molecule has 4 heteroatoms. The van der Waals surface area contributed by atoms with Gasteiger partial charge >= 0.3 is 0 Å². The zero-order valence-corrected chi connectivity index (χ0v) is 11.4. The van der Waals surface area contributed by atoms with E-state index in [1.165, 1.54) is 6.08 Å². The zero-order chi connectivity index (χ0) is 13.5. The fourth-order valence-electron chi connectivity index (χ4n) is 1.28. The van der Waals surface area contributed by atoms with Gasteiger partial charge in [-0.2, -0.15) is 0 Å². The van der Waals surface area contributed by atoms with Crippen LogP contribution >= 0.6 is 11.6 Å². The third kappa shape index (κ3) is 4.90. The Labute approximate surface area is 112 Å². The first kappa shape index (κ1) is 14.7. The van der Waals surface area contributed by atoms with Gasteiger partial charge in [0.25, 0.3) is 0 Å². The quantitative estimate of drug-likeness (QED) is 0.805. The van der Waals surface area contributed by atoms with Gasteiger partial charge in [-0.3, -0.25) is 4.79 Å². The third-order valence-corrected chi connectivity index (χ3v) is 2.97. The Bertz CT molecular complexity index is 443. The average Bonchev–Trinajstić information content (AvgIpc) is 2.37. The second-order valence-electron chi connectivity index (χ2n) is 4.37. The van der Waals surface area contributed by atoms with E-state index in [-0.39, 0.29) is 18.4 Å². The van der Waals surface area contributed by atoms with Crippen LogP contribution in [0.1, 0.15) is 18.1 Å². The summed E-state index contributed by atoms with van der Waals surface area (Å²) in [6.45, 7) is 4.33. The lowest BCUT2D eigenvalue weighted by Crippen LogP contribution is -2.27. The molecule has 1 rings (SSSR count). The molecule has 0 aromatic heterocycles. The first-order chi connectivity index (χ1) is 8.52. The number of carbonyl (C=O) groups is 1. The molecule has 0 spiro atoms. The highest BCUT2D eigenvalue weighted by molar-refractivity contribution is 6.31. The van der Waals surface area contributed by atoms with Gasteiger partial charge in [0.2, 0.25) is 5.91 Å². The molecule has 1 unspecified atom stereocenters. The summed E-state index contributed by atoms with van der Waals surface area (Å²) in [6, 6.07) is 5.63. The van der Waals surface area contributed by atoms with Crippen LogP contribution in [0.5, 0.6) is 0 Å². The van der Waals surface area contributed by atoms with Crippen molar-refractivity contribution in [2.45, 2.75) is 13.8 Å². The van der Waals surface area contributed by atoms with Gasteiger partial charge in [0.15, 0.2) is 0 Å². The molecule has 0 saturated heterocycles. The topological polar surface area (TPSA) is 49.3 Å². The fourth-order valence-corrected chi connectivity index (χ4v) is 1.47. The van der Waals surface area contributed by atoms with Crippen LogP contribution in [0.3, 0.4) is 0 Å². The molecule has 3 nitrogen and oxygen atoms in total. The van der Waals surface area contributed by atoms with Crippen LogP contribution in [0.15, 0.2) is 24.3 Å². The Morgan fingerprint density at radius 2 is 2.28 bits per heavy atom. The van der Waals surface area contributed by atoms with Crippen LogP contribution in [0, 0.1) is 12.8 Å². The van der Waals surface area contributed by atoms with E-state index in [0.717, 1.165) is 11.1 Å². The smallest absolute Gasteiger partial charge is 0.244 e. The van der Waals surface area contributed by atoms with Gasteiger partial charge in [0.05, 0.1) is 0 Å². The Kier molecular flexibility index (Phi) is 5.89. The lowest BCUT2D eigenvalue weighted by Gasteiger charge is -2.07. The van der Waals surface area contributed by atoms with E-state index >= 15 is 0 Å². The number of rotatable bonds is 5. The number of hydrogen-bond donors (Lipinski definition) is 2. The fraction of sp³-hybridized carbons (Fsp3) is 0.357. The molecule has 0 bridgehead atoms. The van der Waals surface area contributed by atoms with Crippen LogP contribution in [-0.2, 0) is 4.79 Å². The minimum atomic E-state index is -0.174. The molecule has 98 valence electrons. The highest BCUT2D eigenvalue weighted by atomic mass is 35.5. The van der Waals surface area contributed by atoms with Gasteiger partial charge in [0, 0.05) is 24.3 Å². The monoisotopic (exact) mass is 267 g/mol. The maximum Gasteiger partial charge on any atom is 0.244 e. The maximum atomic E-state index is 11.5. The molecular formula is C14H18ClNO2. The molecule has 0 aliphatic heterocycles. The highest BCUT2D eigenvalue weighted by Crippen LogP contribution is 2.17. The second kappa shape index (κ2) is 7.19. The molecule has 1 atom stereocenters. The largest absolute Gasteiger partial charge is 0.396 e. The van der Waals surface area contributed by atoms with E-state index in [0.29, 0.717) is 11.6 Å². The predicted molar refractivity (Wildman–Crippen MR) is 74.5 cm³/mol. The normalized spacial score (nSPS) is 12.7. The van der Waals surface area contributed by atoms with Crippen LogP contribution in [0.25, 0.3) is 6.08 Å². The molecular weight excluding hydrogens is 250 g/mol. The lowest BCUT2D eigenvalue weighted by atomic mass is 10.1. The predicted octanol–water partition coefficient (Wildman–Crippen LogP) is 2.41. The summed E-state index contributed by atoms with van der Waals surface area (Å²) in [6.07, 6.45) is 3.18. The molecule has 1 amide bonds. The standard InChI is InChI=1S/C14H18ClNO2/c1-10(9-17)8-16-14(18)6-5-12-4-3-11(2)13(15)7-12/h3-7,10,17H,8-9H2,1-2H3,(H,16,18)/b6-5+. The number of benzene rings is 1. The van der Waals surface area contributed by atoms with E-state index < -0.39 is 0 Å². The van der Waals surface area contributed by atoms with Crippen molar-refractivity contribution in [1.29, 1.82) is 0 Å². The van der Waals surface area contributed by atoms with Crippen molar-refractivity contribution in [1.82, 2.24) is 5.32 Å². The van der Waals surface area contributed by atoms with E-state index in [9.17, 15) is 4.79 Å². The summed E-state index contributed by atoms with van der Waals surface area (Å²) in [4.78, 5) is 11.5. The van der Waals surface area contributed by atoms with Crippen molar-refractivity contribution in [2.75, 3.05) is 13.2 Å². The zero-order valence-electron chi connectivity index (χ0n) is 10.6. The number of carbonyl (C=O) groups excluding carboxylic acids is 1. The Morgan fingerprint density at radius 1 is 1.56 bits per heavy atom. The number of nitrogens with one attached hydrogen (secondary N) is 1. The summed E-state index contributed by atoms with van der Waals surface area (Å²) in [5.74, 6) is -0.108. The number of halogens is 1. The van der Waals surface area contributed by atoms with E-state index in [1.54, 1.807) is 6.08 Å². The number of hydrogen-bond acceptors (Lipinski definition) is 2. The number of amides is 1. The molecule has 0 saturated carbocycles. The molecule has 1 aromatic rings. The molecule has 1 aromatic carbocycles. The van der Waals surface area contributed by atoms with Crippen molar-refractivity contribution >= 4 is 23.6 Å².